The van der Waals surface area contributed by atoms with Gasteiger partial charge in [-0.2, -0.15) is 0 Å². The summed E-state index contributed by atoms with van der Waals surface area (Å²) >= 11 is 1.38. The first kappa shape index (κ1) is 19.5. The van der Waals surface area contributed by atoms with Gasteiger partial charge in [0.1, 0.15) is 16.3 Å². The summed E-state index contributed by atoms with van der Waals surface area (Å²) in [5.74, 6) is 0.491. The number of aromatic nitrogens is 1. The zero-order valence-corrected chi connectivity index (χ0v) is 16.6. The smallest absolute Gasteiger partial charge is 0.344 e. The summed E-state index contributed by atoms with van der Waals surface area (Å²) in [6.07, 6.45) is 0. The van der Waals surface area contributed by atoms with Crippen molar-refractivity contribution < 1.29 is 19.0 Å². The Balaban J connectivity index is 2.30. The SMILES string of the molecule is CCOCSc1nc2c(ccc3ccccc32)c(OCC)c1C(=O)OCC. The molecule has 0 aliphatic heterocycles. The summed E-state index contributed by atoms with van der Waals surface area (Å²) in [5, 5.41) is 3.47. The monoisotopic (exact) mass is 385 g/mol. The van der Waals surface area contributed by atoms with Gasteiger partial charge >= 0.3 is 5.97 Å². The Bertz CT molecular complexity index is 958. The molecule has 5 nitrogen and oxygen atoms in total. The van der Waals surface area contributed by atoms with Gasteiger partial charge in [0.2, 0.25) is 0 Å². The van der Waals surface area contributed by atoms with Gasteiger partial charge in [-0.05, 0) is 32.2 Å². The minimum absolute atomic E-state index is 0.287. The third-order valence-corrected chi connectivity index (χ3v) is 4.90. The highest BCUT2D eigenvalue weighted by atomic mass is 32.2. The molecule has 6 heteroatoms. The van der Waals surface area contributed by atoms with E-state index in [4.69, 9.17) is 19.2 Å². The number of carbonyl (C=O) groups excluding carboxylic acids is 1. The van der Waals surface area contributed by atoms with Crippen molar-refractivity contribution in [2.75, 3.05) is 25.8 Å². The molecule has 2 aromatic carbocycles. The van der Waals surface area contributed by atoms with Gasteiger partial charge in [0, 0.05) is 17.4 Å². The first-order chi connectivity index (χ1) is 13.2. The number of thioether (sulfide) groups is 1. The van der Waals surface area contributed by atoms with Gasteiger partial charge in [-0.25, -0.2) is 9.78 Å². The van der Waals surface area contributed by atoms with Gasteiger partial charge in [-0.3, -0.25) is 0 Å². The molecule has 0 aliphatic carbocycles. The molecule has 1 aromatic heterocycles. The molecule has 0 saturated heterocycles. The van der Waals surface area contributed by atoms with Crippen LogP contribution in [0.1, 0.15) is 31.1 Å². The summed E-state index contributed by atoms with van der Waals surface area (Å²) < 4.78 is 16.7. The lowest BCUT2D eigenvalue weighted by Crippen LogP contribution is -2.12. The molecule has 0 aliphatic rings. The molecule has 0 fully saturated rings. The number of ether oxygens (including phenoxy) is 3. The average Bonchev–Trinajstić information content (AvgIpc) is 2.68. The molecule has 3 rings (SSSR count). The van der Waals surface area contributed by atoms with Gasteiger partial charge < -0.3 is 14.2 Å². The molecule has 1 heterocycles. The fourth-order valence-corrected chi connectivity index (χ4v) is 3.75. The van der Waals surface area contributed by atoms with Crippen LogP contribution in [0.3, 0.4) is 0 Å². The minimum atomic E-state index is -0.428. The number of pyridine rings is 1. The van der Waals surface area contributed by atoms with Gasteiger partial charge in [0.25, 0.3) is 0 Å². The molecule has 0 atom stereocenters. The highest BCUT2D eigenvalue weighted by Gasteiger charge is 2.24. The van der Waals surface area contributed by atoms with E-state index >= 15 is 0 Å². The van der Waals surface area contributed by atoms with E-state index in [1.54, 1.807) is 6.92 Å². The summed E-state index contributed by atoms with van der Waals surface area (Å²) in [6, 6.07) is 12.0. The number of nitrogens with zero attached hydrogens (tertiary/aromatic N) is 1. The van der Waals surface area contributed by atoms with E-state index in [-0.39, 0.29) is 6.61 Å². The Morgan fingerprint density at radius 3 is 2.56 bits per heavy atom. The van der Waals surface area contributed by atoms with E-state index in [2.05, 4.69) is 0 Å². The largest absolute Gasteiger partial charge is 0.492 e. The van der Waals surface area contributed by atoms with Crippen molar-refractivity contribution in [3.63, 3.8) is 0 Å². The predicted octanol–water partition coefficient (Wildman–Crippen LogP) is 5.05. The minimum Gasteiger partial charge on any atom is -0.492 e. The number of fused-ring (bicyclic) bond motifs is 3. The first-order valence-electron chi connectivity index (χ1n) is 9.07. The molecule has 0 bridgehead atoms. The van der Waals surface area contributed by atoms with Crippen LogP contribution in [0.4, 0.5) is 0 Å². The van der Waals surface area contributed by atoms with E-state index < -0.39 is 5.97 Å². The second-order valence-electron chi connectivity index (χ2n) is 5.71. The van der Waals surface area contributed by atoms with Crippen LogP contribution in [-0.2, 0) is 9.47 Å². The van der Waals surface area contributed by atoms with Crippen LogP contribution in [0.2, 0.25) is 0 Å². The van der Waals surface area contributed by atoms with Crippen molar-refractivity contribution in [3.8, 4) is 5.75 Å². The number of benzene rings is 2. The highest BCUT2D eigenvalue weighted by molar-refractivity contribution is 7.99. The maximum absolute atomic E-state index is 12.7. The summed E-state index contributed by atoms with van der Waals surface area (Å²) in [5.41, 5.74) is 1.18. The maximum Gasteiger partial charge on any atom is 0.344 e. The molecule has 0 radical (unpaired) electrons. The van der Waals surface area contributed by atoms with Crippen LogP contribution in [0.5, 0.6) is 5.75 Å². The van der Waals surface area contributed by atoms with Crippen molar-refractivity contribution >= 4 is 39.4 Å². The molecular weight excluding hydrogens is 362 g/mol. The van der Waals surface area contributed by atoms with E-state index in [1.807, 2.05) is 50.2 Å². The molecule has 142 valence electrons. The van der Waals surface area contributed by atoms with Gasteiger partial charge in [-0.15, -0.1) is 0 Å². The molecule has 27 heavy (non-hydrogen) atoms. The number of hydrogen-bond donors (Lipinski definition) is 0. The van der Waals surface area contributed by atoms with E-state index in [0.717, 1.165) is 21.7 Å². The molecule has 0 saturated carbocycles. The second kappa shape index (κ2) is 9.06. The Morgan fingerprint density at radius 2 is 1.81 bits per heavy atom. The zero-order chi connectivity index (χ0) is 19.2. The predicted molar refractivity (Wildman–Crippen MR) is 109 cm³/mol. The van der Waals surface area contributed by atoms with Gasteiger partial charge in [0.15, 0.2) is 0 Å². The Labute approximate surface area is 163 Å². The molecule has 0 amide bonds. The number of carbonyl (C=O) groups is 1. The van der Waals surface area contributed by atoms with Crippen LogP contribution >= 0.6 is 11.8 Å². The lowest BCUT2D eigenvalue weighted by molar-refractivity contribution is 0.0517. The quantitative estimate of drug-likeness (QED) is 0.178. The van der Waals surface area contributed by atoms with E-state index in [9.17, 15) is 4.79 Å². The van der Waals surface area contributed by atoms with E-state index in [0.29, 0.717) is 35.5 Å². The van der Waals surface area contributed by atoms with Crippen LogP contribution < -0.4 is 4.74 Å². The molecular formula is C21H23NO4S. The summed E-state index contributed by atoms with van der Waals surface area (Å²) in [4.78, 5) is 17.5. The molecule has 3 aromatic rings. The first-order valence-corrected chi connectivity index (χ1v) is 10.1. The third kappa shape index (κ3) is 4.01. The third-order valence-electron chi connectivity index (χ3n) is 4.05. The zero-order valence-electron chi connectivity index (χ0n) is 15.8. The fourth-order valence-electron chi connectivity index (χ4n) is 2.91. The number of rotatable bonds is 8. The Morgan fingerprint density at radius 1 is 1.00 bits per heavy atom. The average molecular weight is 385 g/mol. The van der Waals surface area contributed by atoms with Crippen LogP contribution in [0.15, 0.2) is 41.4 Å². The molecule has 0 unspecified atom stereocenters. The Kier molecular flexibility index (Phi) is 6.53. The normalized spacial score (nSPS) is 11.1. The van der Waals surface area contributed by atoms with Crippen LogP contribution in [-0.4, -0.2) is 36.7 Å². The number of hydrogen-bond acceptors (Lipinski definition) is 6. The molecule has 0 spiro atoms. The summed E-state index contributed by atoms with van der Waals surface area (Å²) in [7, 11) is 0. The second-order valence-corrected chi connectivity index (χ2v) is 6.62. The van der Waals surface area contributed by atoms with Crippen LogP contribution in [0.25, 0.3) is 21.7 Å². The van der Waals surface area contributed by atoms with Gasteiger partial charge in [0.05, 0.1) is 24.7 Å². The maximum atomic E-state index is 12.7. The Hall–Kier alpha value is -2.31. The topological polar surface area (TPSA) is 57.7 Å². The van der Waals surface area contributed by atoms with Crippen molar-refractivity contribution in [2.24, 2.45) is 0 Å². The lowest BCUT2D eigenvalue weighted by atomic mass is 10.0. The van der Waals surface area contributed by atoms with E-state index in [1.165, 1.54) is 11.8 Å². The van der Waals surface area contributed by atoms with Gasteiger partial charge in [-0.1, -0.05) is 42.1 Å². The lowest BCUT2D eigenvalue weighted by Gasteiger charge is -2.17. The fraction of sp³-hybridized carbons (Fsp3) is 0.333. The van der Waals surface area contributed by atoms with Crippen LogP contribution in [0, 0.1) is 0 Å². The number of esters is 1. The summed E-state index contributed by atoms with van der Waals surface area (Å²) in [6.45, 7) is 6.93. The molecule has 0 N–H and O–H groups in total. The highest BCUT2D eigenvalue weighted by Crippen LogP contribution is 2.38. The van der Waals surface area contributed by atoms with Crippen molar-refractivity contribution in [1.82, 2.24) is 4.98 Å². The van der Waals surface area contributed by atoms with Crippen molar-refractivity contribution in [1.29, 1.82) is 0 Å². The van der Waals surface area contributed by atoms with Crippen molar-refractivity contribution in [2.45, 2.75) is 25.8 Å². The standard InChI is InChI=1S/C21H23NO4S/c1-4-24-13-27-20-17(21(23)26-6-3)19(25-5-2)16-12-11-14-9-7-8-10-15(14)18(16)22-20/h7-12H,4-6,13H2,1-3H3. The van der Waals surface area contributed by atoms with Crippen molar-refractivity contribution in [3.05, 3.63) is 42.0 Å².